The summed E-state index contributed by atoms with van der Waals surface area (Å²) in [5.41, 5.74) is 3.88. The van der Waals surface area contributed by atoms with Crippen LogP contribution in [0.25, 0.3) is 39.6 Å². The molecule has 3 aromatic carbocycles. The second-order valence-electron chi connectivity index (χ2n) is 7.59. The molecule has 8 heteroatoms. The maximum atomic E-state index is 13.5. The number of nitro benzene ring substituents is 1. The molecular formula is C25H17IN4O3. The Morgan fingerprint density at radius 1 is 1.03 bits per heavy atom. The van der Waals surface area contributed by atoms with Crippen molar-refractivity contribution in [1.82, 2.24) is 14.5 Å². The molecule has 0 amide bonds. The monoisotopic (exact) mass is 548 g/mol. The molecule has 5 aromatic rings. The summed E-state index contributed by atoms with van der Waals surface area (Å²) >= 11 is 2.16. The first kappa shape index (κ1) is 21.1. The zero-order valence-corrected chi connectivity index (χ0v) is 19.6. The highest BCUT2D eigenvalue weighted by molar-refractivity contribution is 14.1. The zero-order valence-electron chi connectivity index (χ0n) is 17.4. The van der Waals surface area contributed by atoms with Crippen LogP contribution in [0.4, 0.5) is 5.69 Å². The number of hydrogen-bond acceptors (Lipinski definition) is 4. The number of rotatable bonds is 4. The molecule has 0 aliphatic carbocycles. The van der Waals surface area contributed by atoms with Crippen molar-refractivity contribution >= 4 is 62.2 Å². The summed E-state index contributed by atoms with van der Waals surface area (Å²) in [5, 5.41) is 12.6. The lowest BCUT2D eigenvalue weighted by atomic mass is 10.1. The van der Waals surface area contributed by atoms with Crippen molar-refractivity contribution in [3.05, 3.63) is 108 Å². The molecule has 33 heavy (non-hydrogen) atoms. The van der Waals surface area contributed by atoms with Gasteiger partial charge in [0.15, 0.2) is 0 Å². The first-order valence-corrected chi connectivity index (χ1v) is 11.2. The van der Waals surface area contributed by atoms with Crippen molar-refractivity contribution in [3.63, 3.8) is 0 Å². The van der Waals surface area contributed by atoms with Crippen LogP contribution in [-0.2, 0) is 0 Å². The lowest BCUT2D eigenvalue weighted by Crippen LogP contribution is -2.22. The Hall–Kier alpha value is -3.79. The molecule has 5 rings (SSSR count). The highest BCUT2D eigenvalue weighted by Gasteiger charge is 2.14. The fraction of sp³-hybridized carbons (Fsp3) is 0.0400. The Bertz CT molecular complexity index is 1630. The number of fused-ring (bicyclic) bond motifs is 2. The first-order valence-electron chi connectivity index (χ1n) is 10.1. The zero-order chi connectivity index (χ0) is 23.1. The minimum Gasteiger partial charge on any atom is -0.358 e. The molecule has 162 valence electrons. The van der Waals surface area contributed by atoms with Crippen molar-refractivity contribution in [3.8, 4) is 5.69 Å². The third-order valence-electron chi connectivity index (χ3n) is 5.52. The van der Waals surface area contributed by atoms with Crippen LogP contribution in [0.5, 0.6) is 0 Å². The summed E-state index contributed by atoms with van der Waals surface area (Å²) in [4.78, 5) is 32.2. The van der Waals surface area contributed by atoms with E-state index in [1.807, 2.05) is 55.5 Å². The summed E-state index contributed by atoms with van der Waals surface area (Å²) < 4.78 is 2.41. The molecule has 0 aliphatic rings. The van der Waals surface area contributed by atoms with E-state index in [2.05, 4.69) is 27.6 Å². The van der Waals surface area contributed by atoms with E-state index in [1.165, 1.54) is 16.7 Å². The lowest BCUT2D eigenvalue weighted by Gasteiger charge is -2.11. The average Bonchev–Trinajstić information content (AvgIpc) is 3.13. The number of para-hydroxylation sites is 1. The molecule has 2 heterocycles. The number of non-ortho nitro benzene ring substituents is 1. The van der Waals surface area contributed by atoms with Gasteiger partial charge in [0.2, 0.25) is 0 Å². The number of H-pyrrole nitrogens is 1. The summed E-state index contributed by atoms with van der Waals surface area (Å²) in [6, 6.07) is 19.4. The Labute approximate surface area is 201 Å². The molecule has 0 saturated heterocycles. The van der Waals surface area contributed by atoms with Gasteiger partial charge in [0.25, 0.3) is 11.2 Å². The minimum absolute atomic E-state index is 0.0402. The van der Waals surface area contributed by atoms with Gasteiger partial charge in [-0.2, -0.15) is 0 Å². The van der Waals surface area contributed by atoms with E-state index in [-0.39, 0.29) is 11.2 Å². The van der Waals surface area contributed by atoms with Gasteiger partial charge in [-0.1, -0.05) is 18.2 Å². The first-order chi connectivity index (χ1) is 15.9. The van der Waals surface area contributed by atoms with E-state index in [9.17, 15) is 14.9 Å². The number of aromatic nitrogens is 3. The van der Waals surface area contributed by atoms with Crippen LogP contribution in [-0.4, -0.2) is 19.5 Å². The third kappa shape index (κ3) is 3.82. The molecule has 0 aliphatic heterocycles. The number of hydrogen-bond donors (Lipinski definition) is 1. The van der Waals surface area contributed by atoms with Gasteiger partial charge in [0, 0.05) is 37.9 Å². The minimum atomic E-state index is -0.464. The highest BCUT2D eigenvalue weighted by atomic mass is 127. The van der Waals surface area contributed by atoms with Gasteiger partial charge in [0.05, 0.1) is 21.5 Å². The van der Waals surface area contributed by atoms with E-state index in [0.717, 1.165) is 25.7 Å². The van der Waals surface area contributed by atoms with E-state index >= 15 is 0 Å². The van der Waals surface area contributed by atoms with Crippen LogP contribution in [0.3, 0.4) is 0 Å². The summed E-state index contributed by atoms with van der Waals surface area (Å²) in [6.45, 7) is 2.00. The highest BCUT2D eigenvalue weighted by Crippen LogP contribution is 2.25. The molecule has 0 bridgehead atoms. The summed E-state index contributed by atoms with van der Waals surface area (Å²) in [6.07, 6.45) is 3.75. The van der Waals surface area contributed by atoms with Gasteiger partial charge < -0.3 is 4.98 Å². The van der Waals surface area contributed by atoms with E-state index in [4.69, 9.17) is 4.98 Å². The maximum absolute atomic E-state index is 13.5. The lowest BCUT2D eigenvalue weighted by molar-refractivity contribution is -0.384. The fourth-order valence-corrected chi connectivity index (χ4v) is 4.42. The molecule has 0 unspecified atom stereocenters. The number of nitrogens with one attached hydrogen (secondary N) is 1. The van der Waals surface area contributed by atoms with Crippen molar-refractivity contribution in [2.24, 2.45) is 0 Å². The van der Waals surface area contributed by atoms with Crippen LogP contribution in [0.1, 0.15) is 17.1 Å². The second kappa shape index (κ2) is 8.28. The van der Waals surface area contributed by atoms with Gasteiger partial charge in [-0.15, -0.1) is 0 Å². The number of halogens is 1. The molecule has 2 aromatic heterocycles. The second-order valence-corrected chi connectivity index (χ2v) is 8.83. The Morgan fingerprint density at radius 2 is 1.79 bits per heavy atom. The van der Waals surface area contributed by atoms with Crippen LogP contribution in [0.2, 0.25) is 0 Å². The summed E-state index contributed by atoms with van der Waals surface area (Å²) in [7, 11) is 0. The largest absolute Gasteiger partial charge is 0.358 e. The van der Waals surface area contributed by atoms with Crippen LogP contribution in [0, 0.1) is 20.6 Å². The number of aromatic amines is 1. The molecule has 1 N–H and O–H groups in total. The quantitative estimate of drug-likeness (QED) is 0.173. The smallest absolute Gasteiger partial charge is 0.269 e. The topological polar surface area (TPSA) is 93.8 Å². The predicted molar refractivity (Wildman–Crippen MR) is 139 cm³/mol. The van der Waals surface area contributed by atoms with Crippen molar-refractivity contribution in [2.45, 2.75) is 6.92 Å². The predicted octanol–water partition coefficient (Wildman–Crippen LogP) is 5.86. The van der Waals surface area contributed by atoms with Gasteiger partial charge in [0.1, 0.15) is 5.82 Å². The van der Waals surface area contributed by atoms with Crippen molar-refractivity contribution in [2.75, 3.05) is 0 Å². The standard InChI is InChI=1S/C25H17IN4O3/c1-15-19(20-4-2-3-5-22(20)27-15)11-13-24-28-23-12-6-16(26)14-21(23)25(31)29(24)17-7-9-18(10-8-17)30(32)33/h2-14,27H,1H3/b13-11+. The Kier molecular flexibility index (Phi) is 5.29. The van der Waals surface area contributed by atoms with Gasteiger partial charge >= 0.3 is 0 Å². The summed E-state index contributed by atoms with van der Waals surface area (Å²) in [5.74, 6) is 0.437. The van der Waals surface area contributed by atoms with E-state index < -0.39 is 4.92 Å². The van der Waals surface area contributed by atoms with Gasteiger partial charge in [-0.3, -0.25) is 19.5 Å². The third-order valence-corrected chi connectivity index (χ3v) is 6.19. The molecule has 0 saturated carbocycles. The normalized spacial score (nSPS) is 11.6. The molecule has 0 atom stereocenters. The molecular weight excluding hydrogens is 531 g/mol. The Morgan fingerprint density at radius 3 is 2.55 bits per heavy atom. The fourth-order valence-electron chi connectivity index (χ4n) is 3.93. The molecule has 0 spiro atoms. The number of nitro groups is 1. The van der Waals surface area contributed by atoms with Gasteiger partial charge in [-0.05, 0) is 78.1 Å². The number of nitrogens with zero attached hydrogens (tertiary/aromatic N) is 3. The molecule has 0 radical (unpaired) electrons. The molecule has 0 fully saturated rings. The van der Waals surface area contributed by atoms with E-state index in [1.54, 1.807) is 18.2 Å². The van der Waals surface area contributed by atoms with Crippen LogP contribution < -0.4 is 5.56 Å². The Balaban J connectivity index is 1.73. The van der Waals surface area contributed by atoms with Crippen molar-refractivity contribution < 1.29 is 4.92 Å². The SMILES string of the molecule is Cc1[nH]c2ccccc2c1/C=C/c1nc2ccc(I)cc2c(=O)n1-c1ccc([N+](=O)[O-])cc1. The van der Waals surface area contributed by atoms with Gasteiger partial charge in [-0.25, -0.2) is 4.98 Å². The van der Waals surface area contributed by atoms with Crippen LogP contribution in [0.15, 0.2) is 71.5 Å². The van der Waals surface area contributed by atoms with Crippen molar-refractivity contribution in [1.29, 1.82) is 0 Å². The number of aryl methyl sites for hydroxylation is 1. The van der Waals surface area contributed by atoms with E-state index in [0.29, 0.717) is 22.4 Å². The maximum Gasteiger partial charge on any atom is 0.269 e. The molecule has 7 nitrogen and oxygen atoms in total. The number of benzene rings is 3. The van der Waals surface area contributed by atoms with Crippen LogP contribution >= 0.6 is 22.6 Å². The average molecular weight is 548 g/mol.